The Kier molecular flexibility index (Phi) is 4.99. The number of amides is 1. The zero-order chi connectivity index (χ0) is 12.0. The van der Waals surface area contributed by atoms with Gasteiger partial charge < -0.3 is 4.90 Å². The topological polar surface area (TPSA) is 23.6 Å². The van der Waals surface area contributed by atoms with Gasteiger partial charge in [-0.25, -0.2) is 0 Å². The highest BCUT2D eigenvalue weighted by atomic mass is 16.2. The van der Waals surface area contributed by atoms with Gasteiger partial charge in [0.05, 0.1) is 6.54 Å². The highest BCUT2D eigenvalue weighted by Gasteiger charge is 2.12. The van der Waals surface area contributed by atoms with Gasteiger partial charge in [0.1, 0.15) is 0 Å². The van der Waals surface area contributed by atoms with Crippen molar-refractivity contribution in [2.75, 3.05) is 32.1 Å². The maximum Gasteiger partial charge on any atom is 0.240 e. The Morgan fingerprint density at radius 2 is 1.81 bits per heavy atom. The monoisotopic (exact) mass is 220 g/mol. The van der Waals surface area contributed by atoms with Gasteiger partial charge in [-0.3, -0.25) is 9.69 Å². The van der Waals surface area contributed by atoms with Crippen LogP contribution in [0.3, 0.4) is 0 Å². The minimum absolute atomic E-state index is 0.127. The molecule has 3 nitrogen and oxygen atoms in total. The molecular formula is C13H20N2O. The fraction of sp³-hybridized carbons (Fsp3) is 0.462. The first kappa shape index (κ1) is 12.7. The van der Waals surface area contributed by atoms with E-state index in [4.69, 9.17) is 0 Å². The maximum absolute atomic E-state index is 11.9. The van der Waals surface area contributed by atoms with Gasteiger partial charge >= 0.3 is 0 Å². The summed E-state index contributed by atoms with van der Waals surface area (Å²) in [6.07, 6.45) is 1.07. The van der Waals surface area contributed by atoms with Crippen LogP contribution in [-0.4, -0.2) is 38.0 Å². The van der Waals surface area contributed by atoms with Crippen LogP contribution < -0.4 is 4.90 Å². The van der Waals surface area contributed by atoms with Crippen LogP contribution >= 0.6 is 0 Å². The molecule has 16 heavy (non-hydrogen) atoms. The van der Waals surface area contributed by atoms with Crippen molar-refractivity contribution in [1.29, 1.82) is 0 Å². The van der Waals surface area contributed by atoms with Crippen molar-refractivity contribution in [3.8, 4) is 0 Å². The first-order chi connectivity index (χ1) is 7.65. The molecule has 0 aromatic heterocycles. The third kappa shape index (κ3) is 3.66. The normalized spacial score (nSPS) is 10.5. The summed E-state index contributed by atoms with van der Waals surface area (Å²) in [6, 6.07) is 9.71. The molecule has 0 heterocycles. The Hall–Kier alpha value is -1.35. The smallest absolute Gasteiger partial charge is 0.240 e. The predicted octanol–water partition coefficient (Wildman–Crippen LogP) is 1.99. The summed E-state index contributed by atoms with van der Waals surface area (Å²) in [7, 11) is 3.79. The van der Waals surface area contributed by atoms with E-state index in [-0.39, 0.29) is 5.91 Å². The van der Waals surface area contributed by atoms with E-state index in [9.17, 15) is 4.79 Å². The average Bonchev–Trinajstić information content (AvgIpc) is 2.29. The van der Waals surface area contributed by atoms with Crippen LogP contribution in [0.2, 0.25) is 0 Å². The highest BCUT2D eigenvalue weighted by molar-refractivity contribution is 5.94. The summed E-state index contributed by atoms with van der Waals surface area (Å²) in [5, 5.41) is 0. The number of hydrogen-bond donors (Lipinski definition) is 0. The lowest BCUT2D eigenvalue weighted by Crippen LogP contribution is -2.36. The molecule has 3 heteroatoms. The number of para-hydroxylation sites is 1. The predicted molar refractivity (Wildman–Crippen MR) is 67.6 cm³/mol. The van der Waals surface area contributed by atoms with E-state index >= 15 is 0 Å². The van der Waals surface area contributed by atoms with Crippen molar-refractivity contribution in [2.45, 2.75) is 13.3 Å². The molecule has 0 aliphatic rings. The van der Waals surface area contributed by atoms with Crippen molar-refractivity contribution < 1.29 is 4.79 Å². The van der Waals surface area contributed by atoms with Gasteiger partial charge in [0.2, 0.25) is 5.91 Å². The van der Waals surface area contributed by atoms with Crippen LogP contribution in [-0.2, 0) is 4.79 Å². The molecule has 0 spiro atoms. The molecule has 0 radical (unpaired) electrons. The molecule has 0 bridgehead atoms. The third-order valence-corrected chi connectivity index (χ3v) is 2.53. The quantitative estimate of drug-likeness (QED) is 0.757. The van der Waals surface area contributed by atoms with Gasteiger partial charge in [-0.1, -0.05) is 25.1 Å². The molecule has 0 aliphatic heterocycles. The summed E-state index contributed by atoms with van der Waals surface area (Å²) >= 11 is 0. The maximum atomic E-state index is 11.9. The molecular weight excluding hydrogens is 200 g/mol. The molecule has 88 valence electrons. The summed E-state index contributed by atoms with van der Waals surface area (Å²) in [5.41, 5.74) is 0.942. The van der Waals surface area contributed by atoms with Gasteiger partial charge in [0.15, 0.2) is 0 Å². The number of benzene rings is 1. The lowest BCUT2D eigenvalue weighted by molar-refractivity contribution is -0.119. The summed E-state index contributed by atoms with van der Waals surface area (Å²) in [4.78, 5) is 15.7. The summed E-state index contributed by atoms with van der Waals surface area (Å²) in [5.74, 6) is 0.127. The van der Waals surface area contributed by atoms with Crippen molar-refractivity contribution >= 4 is 11.6 Å². The number of nitrogens with zero attached hydrogens (tertiary/aromatic N) is 2. The number of rotatable bonds is 5. The van der Waals surface area contributed by atoms with Crippen LogP contribution in [0.15, 0.2) is 30.3 Å². The first-order valence-corrected chi connectivity index (χ1v) is 5.65. The summed E-state index contributed by atoms with van der Waals surface area (Å²) in [6.45, 7) is 3.54. The van der Waals surface area contributed by atoms with Gasteiger partial charge in [0, 0.05) is 12.7 Å². The van der Waals surface area contributed by atoms with E-state index in [1.807, 2.05) is 49.3 Å². The zero-order valence-corrected chi connectivity index (χ0v) is 10.3. The Morgan fingerprint density at radius 3 is 2.38 bits per heavy atom. The van der Waals surface area contributed by atoms with E-state index in [0.29, 0.717) is 6.54 Å². The average molecular weight is 220 g/mol. The van der Waals surface area contributed by atoms with Gasteiger partial charge in [-0.2, -0.15) is 0 Å². The van der Waals surface area contributed by atoms with Crippen LogP contribution in [0, 0.1) is 0 Å². The van der Waals surface area contributed by atoms with Crippen LogP contribution in [0.1, 0.15) is 13.3 Å². The van der Waals surface area contributed by atoms with E-state index in [0.717, 1.165) is 18.7 Å². The van der Waals surface area contributed by atoms with Crippen molar-refractivity contribution in [3.05, 3.63) is 30.3 Å². The Labute approximate surface area is 97.7 Å². The minimum Gasteiger partial charge on any atom is -0.314 e. The molecule has 0 aliphatic carbocycles. The molecule has 0 N–H and O–H groups in total. The third-order valence-electron chi connectivity index (χ3n) is 2.53. The molecule has 1 rings (SSSR count). The largest absolute Gasteiger partial charge is 0.314 e. The molecule has 0 saturated heterocycles. The van der Waals surface area contributed by atoms with Gasteiger partial charge in [-0.15, -0.1) is 0 Å². The Morgan fingerprint density at radius 1 is 1.19 bits per heavy atom. The van der Waals surface area contributed by atoms with Gasteiger partial charge in [-0.05, 0) is 32.1 Å². The van der Waals surface area contributed by atoms with Gasteiger partial charge in [0.25, 0.3) is 0 Å². The number of likely N-dealkylation sites (N-methyl/N-ethyl adjacent to an activating group) is 2. The molecule has 1 aromatic carbocycles. The number of carbonyl (C=O) groups is 1. The second kappa shape index (κ2) is 6.28. The Bertz CT molecular complexity index is 324. The van der Waals surface area contributed by atoms with Crippen LogP contribution in [0.5, 0.6) is 0 Å². The van der Waals surface area contributed by atoms with E-state index < -0.39 is 0 Å². The fourth-order valence-electron chi connectivity index (χ4n) is 1.59. The lowest BCUT2D eigenvalue weighted by Gasteiger charge is -2.21. The SMILES string of the molecule is CCCN(C)CC(=O)N(C)c1ccccc1. The standard InChI is InChI=1S/C13H20N2O/c1-4-10-14(2)11-13(16)15(3)12-8-6-5-7-9-12/h5-9H,4,10-11H2,1-3H3. The van der Waals surface area contributed by atoms with E-state index in [1.54, 1.807) is 4.90 Å². The molecule has 0 fully saturated rings. The zero-order valence-electron chi connectivity index (χ0n) is 10.3. The molecule has 1 aromatic rings. The first-order valence-electron chi connectivity index (χ1n) is 5.65. The second-order valence-corrected chi connectivity index (χ2v) is 4.03. The minimum atomic E-state index is 0.127. The lowest BCUT2D eigenvalue weighted by atomic mass is 10.3. The van der Waals surface area contributed by atoms with E-state index in [2.05, 4.69) is 6.92 Å². The number of hydrogen-bond acceptors (Lipinski definition) is 2. The Balaban J connectivity index is 2.55. The van der Waals surface area contributed by atoms with Crippen molar-refractivity contribution in [1.82, 2.24) is 4.90 Å². The molecule has 0 unspecified atom stereocenters. The number of anilines is 1. The fourth-order valence-corrected chi connectivity index (χ4v) is 1.59. The number of carbonyl (C=O) groups excluding carboxylic acids is 1. The highest BCUT2D eigenvalue weighted by Crippen LogP contribution is 2.11. The second-order valence-electron chi connectivity index (χ2n) is 4.03. The van der Waals surface area contributed by atoms with E-state index in [1.165, 1.54) is 0 Å². The molecule has 0 saturated carbocycles. The van der Waals surface area contributed by atoms with Crippen LogP contribution in [0.25, 0.3) is 0 Å². The molecule has 0 atom stereocenters. The van der Waals surface area contributed by atoms with Crippen molar-refractivity contribution in [2.24, 2.45) is 0 Å². The van der Waals surface area contributed by atoms with Crippen LogP contribution in [0.4, 0.5) is 5.69 Å². The van der Waals surface area contributed by atoms with Crippen molar-refractivity contribution in [3.63, 3.8) is 0 Å². The summed E-state index contributed by atoms with van der Waals surface area (Å²) < 4.78 is 0. The molecule has 1 amide bonds.